The number of hydrogen-bond donors (Lipinski definition) is 0. The number of rotatable bonds is 4. The Morgan fingerprint density at radius 3 is 2.64 bits per heavy atom. The molecule has 0 amide bonds. The molecular formula is C14H12Cl2N2O6S. The molecule has 1 aromatic rings. The van der Waals surface area contributed by atoms with E-state index in [1.807, 2.05) is 0 Å². The summed E-state index contributed by atoms with van der Waals surface area (Å²) in [6, 6.07) is 4.30. The number of carbonyl (C=O) groups is 1. The van der Waals surface area contributed by atoms with Gasteiger partial charge in [-0.25, -0.2) is 0 Å². The van der Waals surface area contributed by atoms with Gasteiger partial charge in [-0.1, -0.05) is 11.2 Å². The van der Waals surface area contributed by atoms with Gasteiger partial charge in [0.15, 0.2) is 5.78 Å². The maximum atomic E-state index is 12.1. The average molecular weight is 407 g/mol. The normalized spacial score (nSPS) is 25.6. The second kappa shape index (κ2) is 6.74. The smallest absolute Gasteiger partial charge is 0.292 e. The Kier molecular flexibility index (Phi) is 5.22. The van der Waals surface area contributed by atoms with Gasteiger partial charge in [-0.2, -0.15) is 8.42 Å². The van der Waals surface area contributed by atoms with Gasteiger partial charge >= 0.3 is 10.1 Å². The molecule has 8 nitrogen and oxygen atoms in total. The van der Waals surface area contributed by atoms with Crippen molar-refractivity contribution < 1.29 is 22.4 Å². The number of allylic oxidation sites excluding steroid dienone is 2. The third-order valence-electron chi connectivity index (χ3n) is 3.46. The second-order valence-corrected chi connectivity index (χ2v) is 8.14. The lowest BCUT2D eigenvalue weighted by molar-refractivity contribution is -0.385. The predicted molar refractivity (Wildman–Crippen MR) is 91.5 cm³/mol. The highest BCUT2D eigenvalue weighted by Crippen LogP contribution is 2.33. The van der Waals surface area contributed by atoms with Crippen LogP contribution in [0.5, 0.6) is 0 Å². The van der Waals surface area contributed by atoms with E-state index < -0.39 is 41.7 Å². The molecule has 11 heteroatoms. The van der Waals surface area contributed by atoms with Crippen molar-refractivity contribution >= 4 is 50.5 Å². The van der Waals surface area contributed by atoms with Crippen LogP contribution in [0, 0.1) is 10.1 Å². The predicted octanol–water partition coefficient (Wildman–Crippen LogP) is 2.79. The van der Waals surface area contributed by atoms with Crippen molar-refractivity contribution in [2.24, 2.45) is 5.16 Å². The SMILES string of the molecule is CC1=CC(=NOS(=O)(=O)c2cccc([N+](=O)[O-])c2)C(Cl)C(C)(Cl)C1=O. The molecule has 0 aromatic heterocycles. The first-order valence-electron chi connectivity index (χ1n) is 6.79. The summed E-state index contributed by atoms with van der Waals surface area (Å²) in [5, 5.41) is 13.1. The van der Waals surface area contributed by atoms with E-state index in [2.05, 4.69) is 9.44 Å². The number of ketones is 1. The van der Waals surface area contributed by atoms with Crippen molar-refractivity contribution in [3.8, 4) is 0 Å². The van der Waals surface area contributed by atoms with E-state index in [4.69, 9.17) is 23.2 Å². The average Bonchev–Trinajstić information content (AvgIpc) is 2.55. The lowest BCUT2D eigenvalue weighted by Crippen LogP contribution is -2.46. The van der Waals surface area contributed by atoms with Crippen LogP contribution in [0.1, 0.15) is 13.8 Å². The van der Waals surface area contributed by atoms with E-state index in [0.717, 1.165) is 18.2 Å². The minimum atomic E-state index is -4.42. The Morgan fingerprint density at radius 2 is 2.04 bits per heavy atom. The maximum Gasteiger partial charge on any atom is 0.358 e. The molecule has 0 saturated carbocycles. The standard InChI is InChI=1S/C14H12Cl2N2O6S/c1-8-6-11(12(15)14(2,16)13(8)19)17-24-25(22,23)10-5-3-4-9(7-10)18(20)21/h3-7,12H,1-2H3. The third-order valence-corrected chi connectivity index (χ3v) is 5.72. The van der Waals surface area contributed by atoms with Crippen molar-refractivity contribution in [1.29, 1.82) is 0 Å². The van der Waals surface area contributed by atoms with Crippen LogP contribution in [0.3, 0.4) is 0 Å². The van der Waals surface area contributed by atoms with Crippen LogP contribution >= 0.6 is 23.2 Å². The molecule has 1 aliphatic rings. The fourth-order valence-electron chi connectivity index (χ4n) is 2.10. The van der Waals surface area contributed by atoms with Gasteiger partial charge in [0.25, 0.3) is 5.69 Å². The van der Waals surface area contributed by atoms with E-state index in [9.17, 15) is 23.3 Å². The lowest BCUT2D eigenvalue weighted by Gasteiger charge is -2.29. The number of halogens is 2. The van der Waals surface area contributed by atoms with Gasteiger partial charge in [-0.3, -0.25) is 19.2 Å². The number of alkyl halides is 2. The Bertz CT molecular complexity index is 908. The molecule has 2 unspecified atom stereocenters. The molecule has 0 N–H and O–H groups in total. The van der Waals surface area contributed by atoms with E-state index in [1.54, 1.807) is 0 Å². The van der Waals surface area contributed by atoms with Crippen molar-refractivity contribution in [1.82, 2.24) is 0 Å². The third kappa shape index (κ3) is 3.83. The lowest BCUT2D eigenvalue weighted by atomic mass is 9.87. The number of nitrogens with zero attached hydrogens (tertiary/aromatic N) is 2. The van der Waals surface area contributed by atoms with Crippen LogP contribution < -0.4 is 0 Å². The van der Waals surface area contributed by atoms with Crippen LogP contribution in [0.4, 0.5) is 5.69 Å². The Morgan fingerprint density at radius 1 is 1.40 bits per heavy atom. The minimum Gasteiger partial charge on any atom is -0.292 e. The van der Waals surface area contributed by atoms with Crippen molar-refractivity contribution in [2.45, 2.75) is 29.0 Å². The molecule has 0 fully saturated rings. The second-order valence-electron chi connectivity index (χ2n) is 5.39. The number of hydrogen-bond acceptors (Lipinski definition) is 7. The fraction of sp³-hybridized carbons (Fsp3) is 0.286. The quantitative estimate of drug-likeness (QED) is 0.431. The highest BCUT2D eigenvalue weighted by Gasteiger charge is 2.45. The number of carbonyl (C=O) groups excluding carboxylic acids is 1. The summed E-state index contributed by atoms with van der Waals surface area (Å²) in [7, 11) is -4.42. The molecule has 0 radical (unpaired) electrons. The van der Waals surface area contributed by atoms with Crippen molar-refractivity contribution in [2.75, 3.05) is 0 Å². The summed E-state index contributed by atoms with van der Waals surface area (Å²) in [6.45, 7) is 2.87. The topological polar surface area (TPSA) is 116 Å². The number of non-ortho nitro benzene ring substituents is 1. The van der Waals surface area contributed by atoms with Crippen molar-refractivity contribution in [3.63, 3.8) is 0 Å². The molecule has 2 rings (SSSR count). The Hall–Kier alpha value is -1.97. The molecule has 0 heterocycles. The summed E-state index contributed by atoms with van der Waals surface area (Å²) in [6.07, 6.45) is 1.27. The first-order chi connectivity index (χ1) is 11.5. The minimum absolute atomic E-state index is 0.0507. The molecule has 0 spiro atoms. The zero-order valence-electron chi connectivity index (χ0n) is 13.0. The molecule has 0 aliphatic heterocycles. The first kappa shape index (κ1) is 19.4. The Balaban J connectivity index is 2.36. The fourth-order valence-corrected chi connectivity index (χ4v) is 3.34. The zero-order valence-corrected chi connectivity index (χ0v) is 15.3. The van der Waals surface area contributed by atoms with E-state index in [-0.39, 0.29) is 11.3 Å². The van der Waals surface area contributed by atoms with Gasteiger partial charge in [-0.05, 0) is 31.6 Å². The monoisotopic (exact) mass is 406 g/mol. The van der Waals surface area contributed by atoms with Crippen LogP contribution in [-0.2, 0) is 19.2 Å². The van der Waals surface area contributed by atoms with Gasteiger partial charge in [-0.15, -0.1) is 23.2 Å². The maximum absolute atomic E-state index is 12.1. The summed E-state index contributed by atoms with van der Waals surface area (Å²) >= 11 is 12.2. The summed E-state index contributed by atoms with van der Waals surface area (Å²) in [4.78, 5) is 20.0. The van der Waals surface area contributed by atoms with Gasteiger partial charge in [0.05, 0.1) is 4.92 Å². The number of nitro benzene ring substituents is 1. The van der Waals surface area contributed by atoms with Gasteiger partial charge in [0.2, 0.25) is 0 Å². The Labute approximate surface area is 153 Å². The summed E-state index contributed by atoms with van der Waals surface area (Å²) < 4.78 is 28.9. The van der Waals surface area contributed by atoms with E-state index in [0.29, 0.717) is 0 Å². The molecular weight excluding hydrogens is 395 g/mol. The van der Waals surface area contributed by atoms with Crippen LogP contribution in [0.15, 0.2) is 46.0 Å². The van der Waals surface area contributed by atoms with Crippen molar-refractivity contribution in [3.05, 3.63) is 46.0 Å². The van der Waals surface area contributed by atoms with Crippen LogP contribution in [0.2, 0.25) is 0 Å². The van der Waals surface area contributed by atoms with Gasteiger partial charge < -0.3 is 0 Å². The van der Waals surface area contributed by atoms with Crippen LogP contribution in [0.25, 0.3) is 0 Å². The molecule has 1 aromatic carbocycles. The van der Waals surface area contributed by atoms with Crippen LogP contribution in [-0.4, -0.2) is 35.1 Å². The first-order valence-corrected chi connectivity index (χ1v) is 9.01. The summed E-state index contributed by atoms with van der Waals surface area (Å²) in [5.74, 6) is -0.408. The zero-order chi connectivity index (χ0) is 19.0. The number of benzene rings is 1. The molecule has 2 atom stereocenters. The molecule has 1 aliphatic carbocycles. The van der Waals surface area contributed by atoms with E-state index >= 15 is 0 Å². The molecule has 134 valence electrons. The largest absolute Gasteiger partial charge is 0.358 e. The van der Waals surface area contributed by atoms with E-state index in [1.165, 1.54) is 26.0 Å². The molecule has 0 bridgehead atoms. The number of oxime groups is 1. The molecule has 0 saturated heterocycles. The highest BCUT2D eigenvalue weighted by molar-refractivity contribution is 7.86. The van der Waals surface area contributed by atoms with Gasteiger partial charge in [0, 0.05) is 12.1 Å². The highest BCUT2D eigenvalue weighted by atomic mass is 35.5. The van der Waals surface area contributed by atoms with Gasteiger partial charge in [0.1, 0.15) is 20.9 Å². The number of nitro groups is 1. The molecule has 25 heavy (non-hydrogen) atoms. The number of Topliss-reactive ketones (excluding diaryl/α,β-unsaturated/α-hetero) is 1. The summed E-state index contributed by atoms with van der Waals surface area (Å²) in [5.41, 5.74) is -0.227.